The number of allylic oxidation sites excluding steroid dienone is 1. The average Bonchev–Trinajstić information content (AvgIpc) is 1.83. The van der Waals surface area contributed by atoms with Gasteiger partial charge < -0.3 is 0 Å². The van der Waals surface area contributed by atoms with Crippen LogP contribution in [0.4, 0.5) is 26.3 Å². The Morgan fingerprint density at radius 2 is 1.42 bits per heavy atom. The van der Waals surface area contributed by atoms with Gasteiger partial charge in [0.05, 0.1) is 0 Å². The molecule has 0 aliphatic carbocycles. The van der Waals surface area contributed by atoms with Gasteiger partial charge in [-0.15, -0.1) is 0 Å². The molecule has 0 nitrogen and oxygen atoms in total. The van der Waals surface area contributed by atoms with Crippen LogP contribution in [0.3, 0.4) is 0 Å². The summed E-state index contributed by atoms with van der Waals surface area (Å²) in [6, 6.07) is 0. The van der Waals surface area contributed by atoms with E-state index in [0.717, 1.165) is 0 Å². The Kier molecular flexibility index (Phi) is 3.89. The number of hydrogen-bond acceptors (Lipinski definition) is 0. The van der Waals surface area contributed by atoms with Crippen molar-refractivity contribution in [1.29, 1.82) is 0 Å². The number of alkyl halides is 5. The van der Waals surface area contributed by atoms with Crippen LogP contribution in [0.5, 0.6) is 0 Å². The molecule has 0 fully saturated rings. The molecule has 0 amide bonds. The lowest BCUT2D eigenvalue weighted by molar-refractivity contribution is 0.0197. The Bertz CT molecular complexity index is 202. The van der Waals surface area contributed by atoms with Gasteiger partial charge in [-0.25, -0.2) is 8.78 Å². The minimum absolute atomic E-state index is 0.205. The summed E-state index contributed by atoms with van der Waals surface area (Å²) >= 11 is 1.74. The second-order valence-corrected chi connectivity index (χ2v) is 4.09. The van der Waals surface area contributed by atoms with E-state index in [9.17, 15) is 26.3 Å². The summed E-state index contributed by atoms with van der Waals surface area (Å²) in [7, 11) is 0. The summed E-state index contributed by atoms with van der Waals surface area (Å²) in [6.07, 6.45) is -3.12. The van der Waals surface area contributed by atoms with Gasteiger partial charge in [0.2, 0.25) is 5.83 Å². The van der Waals surface area contributed by atoms with Crippen LogP contribution in [-0.4, -0.2) is 8.51 Å². The van der Waals surface area contributed by atoms with Crippen LogP contribution in [0.2, 0.25) is 0 Å². The van der Waals surface area contributed by atoms with Gasteiger partial charge in [0.15, 0.2) is 0 Å². The van der Waals surface area contributed by atoms with E-state index in [1.165, 1.54) is 15.9 Å². The van der Waals surface area contributed by atoms with Gasteiger partial charge >= 0.3 is 10.0 Å². The Hall–Kier alpha value is 0.530. The van der Waals surface area contributed by atoms with Gasteiger partial charge in [0.25, 0.3) is 4.58 Å². The molecule has 0 bridgehead atoms. The molecule has 0 aliphatic heterocycles. The Labute approximate surface area is 85.3 Å². The van der Waals surface area contributed by atoms with Gasteiger partial charge in [-0.05, 0) is 15.9 Å². The van der Waals surface area contributed by atoms with Crippen molar-refractivity contribution in [3.63, 3.8) is 0 Å². The molecule has 0 aromatic heterocycles. The molecule has 72 valence electrons. The maximum Gasteiger partial charge on any atom is 0.346 e. The normalized spacial score (nSPS) is 17.0. The third kappa shape index (κ3) is 2.51. The SMILES string of the molecule is FC(F)=C(F)C(F)(Br)C(F)(F)I. The van der Waals surface area contributed by atoms with Crippen LogP contribution < -0.4 is 0 Å². The summed E-state index contributed by atoms with van der Waals surface area (Å²) < 4.78 is 62.9. The van der Waals surface area contributed by atoms with Gasteiger partial charge in [-0.1, -0.05) is 0 Å². The van der Waals surface area contributed by atoms with Crippen LogP contribution in [-0.2, 0) is 0 Å². The fourth-order valence-electron chi connectivity index (χ4n) is 0.243. The van der Waals surface area contributed by atoms with Crippen molar-refractivity contribution >= 4 is 38.5 Å². The molecule has 8 heteroatoms. The quantitative estimate of drug-likeness (QED) is 0.390. The maximum atomic E-state index is 12.5. The highest BCUT2D eigenvalue weighted by Crippen LogP contribution is 2.49. The molecule has 0 saturated carbocycles. The molecule has 0 aromatic carbocycles. The molecule has 0 heterocycles. The van der Waals surface area contributed by atoms with Crippen molar-refractivity contribution in [3.05, 3.63) is 11.9 Å². The molecule has 0 spiro atoms. The van der Waals surface area contributed by atoms with Crippen LogP contribution in [0.25, 0.3) is 0 Å². The topological polar surface area (TPSA) is 0 Å². The summed E-state index contributed by atoms with van der Waals surface area (Å²) in [5, 5.41) is 0. The summed E-state index contributed by atoms with van der Waals surface area (Å²) in [6.45, 7) is 0. The van der Waals surface area contributed by atoms with E-state index in [-0.39, 0.29) is 22.6 Å². The zero-order chi connectivity index (χ0) is 10.2. The van der Waals surface area contributed by atoms with Crippen LogP contribution in [0.15, 0.2) is 11.9 Å². The zero-order valence-electron chi connectivity index (χ0n) is 5.02. The van der Waals surface area contributed by atoms with Crippen LogP contribution in [0, 0.1) is 0 Å². The minimum atomic E-state index is -4.29. The van der Waals surface area contributed by atoms with Gasteiger partial charge in [-0.3, -0.25) is 0 Å². The zero-order valence-corrected chi connectivity index (χ0v) is 8.77. The van der Waals surface area contributed by atoms with Crippen molar-refractivity contribution in [2.24, 2.45) is 0 Å². The third-order valence-electron chi connectivity index (χ3n) is 0.798. The summed E-state index contributed by atoms with van der Waals surface area (Å²) in [5.74, 6) is -2.82. The average molecular weight is 369 g/mol. The smallest absolute Gasteiger partial charge is 0.215 e. The molecule has 1 atom stereocenters. The van der Waals surface area contributed by atoms with Crippen molar-refractivity contribution in [2.45, 2.75) is 8.51 Å². The van der Waals surface area contributed by atoms with Gasteiger partial charge in [0, 0.05) is 22.6 Å². The van der Waals surface area contributed by atoms with E-state index in [2.05, 4.69) is 0 Å². The molecule has 12 heavy (non-hydrogen) atoms. The molecular weight excluding hydrogens is 369 g/mol. The van der Waals surface area contributed by atoms with Crippen molar-refractivity contribution in [3.8, 4) is 0 Å². The molecule has 0 radical (unpaired) electrons. The summed E-state index contributed by atoms with van der Waals surface area (Å²) in [5.41, 5.74) is 0. The Balaban J connectivity index is 5.01. The highest BCUT2D eigenvalue weighted by molar-refractivity contribution is 14.1. The van der Waals surface area contributed by atoms with E-state index in [0.29, 0.717) is 0 Å². The molecular formula is C4BrF6I. The second-order valence-electron chi connectivity index (χ2n) is 1.65. The largest absolute Gasteiger partial charge is 0.346 e. The van der Waals surface area contributed by atoms with Gasteiger partial charge in [0.1, 0.15) is 0 Å². The Morgan fingerprint density at radius 3 is 1.50 bits per heavy atom. The predicted octanol–water partition coefficient (Wildman–Crippen LogP) is 4.15. The molecule has 0 aliphatic rings. The molecule has 1 unspecified atom stereocenters. The lowest BCUT2D eigenvalue weighted by Crippen LogP contribution is -2.34. The van der Waals surface area contributed by atoms with Crippen LogP contribution in [0.1, 0.15) is 0 Å². The van der Waals surface area contributed by atoms with Gasteiger partial charge in [-0.2, -0.15) is 17.6 Å². The predicted molar refractivity (Wildman–Crippen MR) is 42.1 cm³/mol. The van der Waals surface area contributed by atoms with E-state index < -0.39 is 20.4 Å². The first-order chi connectivity index (χ1) is 5.10. The number of halogens is 8. The minimum Gasteiger partial charge on any atom is -0.215 e. The first-order valence-corrected chi connectivity index (χ1v) is 4.13. The van der Waals surface area contributed by atoms with Crippen molar-refractivity contribution in [1.82, 2.24) is 0 Å². The lowest BCUT2D eigenvalue weighted by Gasteiger charge is -2.20. The highest BCUT2D eigenvalue weighted by Gasteiger charge is 2.56. The monoisotopic (exact) mass is 368 g/mol. The number of rotatable bonds is 2. The van der Waals surface area contributed by atoms with Crippen molar-refractivity contribution < 1.29 is 26.3 Å². The standard InChI is InChI=1S/C4BrF6I/c5-3(9,4(10,11)12)1(6)2(7)8. The van der Waals surface area contributed by atoms with E-state index >= 15 is 0 Å². The van der Waals surface area contributed by atoms with Crippen molar-refractivity contribution in [2.75, 3.05) is 0 Å². The fourth-order valence-corrected chi connectivity index (χ4v) is 0.630. The lowest BCUT2D eigenvalue weighted by atomic mass is 10.3. The molecule has 0 N–H and O–H groups in total. The molecule has 0 aromatic rings. The first-order valence-electron chi connectivity index (χ1n) is 2.26. The third-order valence-corrected chi connectivity index (χ3v) is 3.13. The van der Waals surface area contributed by atoms with Crippen LogP contribution >= 0.6 is 38.5 Å². The first kappa shape index (κ1) is 12.5. The Morgan fingerprint density at radius 1 is 1.08 bits per heavy atom. The van der Waals surface area contributed by atoms with E-state index in [1.54, 1.807) is 0 Å². The molecule has 0 saturated heterocycles. The maximum absolute atomic E-state index is 12.5. The molecule has 0 rings (SSSR count). The summed E-state index contributed by atoms with van der Waals surface area (Å²) in [4.78, 5) is 0. The highest BCUT2D eigenvalue weighted by atomic mass is 127. The van der Waals surface area contributed by atoms with E-state index in [4.69, 9.17) is 0 Å². The van der Waals surface area contributed by atoms with E-state index in [1.807, 2.05) is 0 Å². The number of hydrogen-bond donors (Lipinski definition) is 0. The fraction of sp³-hybridized carbons (Fsp3) is 0.500. The second kappa shape index (κ2) is 3.72.